The highest BCUT2D eigenvalue weighted by Gasteiger charge is 2.23. The second kappa shape index (κ2) is 5.15. The standard InChI is InChI=1S/C11H5Cl2N5O3/c12-5-1-2-6(7(13)3-5)10-15-11(21-17-10)9-8(18(19)20)4-14-16-9/h1-4H,(H,14,16). The summed E-state index contributed by atoms with van der Waals surface area (Å²) >= 11 is 11.9. The summed E-state index contributed by atoms with van der Waals surface area (Å²) in [6.45, 7) is 0. The number of rotatable bonds is 3. The number of halogens is 2. The predicted molar refractivity (Wildman–Crippen MR) is 74.0 cm³/mol. The van der Waals surface area contributed by atoms with E-state index in [9.17, 15) is 10.1 Å². The van der Waals surface area contributed by atoms with Crippen molar-refractivity contribution in [2.75, 3.05) is 0 Å². The van der Waals surface area contributed by atoms with Gasteiger partial charge in [0, 0.05) is 10.6 Å². The summed E-state index contributed by atoms with van der Waals surface area (Å²) in [5.41, 5.74) is 0.273. The molecule has 0 aliphatic rings. The van der Waals surface area contributed by atoms with Crippen LogP contribution in [0.4, 0.5) is 5.69 Å². The Balaban J connectivity index is 2.04. The fraction of sp³-hybridized carbons (Fsp3) is 0. The van der Waals surface area contributed by atoms with E-state index in [0.717, 1.165) is 6.20 Å². The fourth-order valence-corrected chi connectivity index (χ4v) is 2.17. The lowest BCUT2D eigenvalue weighted by Gasteiger charge is -1.98. The number of nitrogens with zero attached hydrogens (tertiary/aromatic N) is 4. The van der Waals surface area contributed by atoms with Gasteiger partial charge >= 0.3 is 5.69 Å². The average Bonchev–Trinajstić information content (AvgIpc) is 3.06. The SMILES string of the molecule is O=[N+]([O-])c1cn[nH]c1-c1nc(-c2ccc(Cl)cc2Cl)no1. The highest BCUT2D eigenvalue weighted by atomic mass is 35.5. The van der Waals surface area contributed by atoms with Gasteiger partial charge < -0.3 is 4.52 Å². The first-order valence-electron chi connectivity index (χ1n) is 5.53. The lowest BCUT2D eigenvalue weighted by Crippen LogP contribution is -1.89. The molecule has 8 nitrogen and oxygen atoms in total. The van der Waals surface area contributed by atoms with Crippen LogP contribution in [-0.2, 0) is 0 Å². The van der Waals surface area contributed by atoms with Crippen LogP contribution in [0.15, 0.2) is 28.9 Å². The summed E-state index contributed by atoms with van der Waals surface area (Å²) in [6, 6.07) is 4.78. The summed E-state index contributed by atoms with van der Waals surface area (Å²) in [5.74, 6) is 0.135. The van der Waals surface area contributed by atoms with E-state index in [0.29, 0.717) is 15.6 Å². The van der Waals surface area contributed by atoms with E-state index in [1.54, 1.807) is 12.1 Å². The molecule has 0 amide bonds. The van der Waals surface area contributed by atoms with E-state index < -0.39 is 4.92 Å². The topological polar surface area (TPSA) is 111 Å². The molecular formula is C11H5Cl2N5O3. The molecule has 0 atom stereocenters. The van der Waals surface area contributed by atoms with Crippen molar-refractivity contribution in [2.24, 2.45) is 0 Å². The van der Waals surface area contributed by atoms with Gasteiger partial charge in [0.15, 0.2) is 0 Å². The summed E-state index contributed by atoms with van der Waals surface area (Å²) in [5, 5.41) is 21.4. The molecule has 21 heavy (non-hydrogen) atoms. The second-order valence-electron chi connectivity index (χ2n) is 3.93. The number of benzene rings is 1. The molecule has 0 bridgehead atoms. The van der Waals surface area contributed by atoms with E-state index >= 15 is 0 Å². The molecule has 0 aliphatic carbocycles. The lowest BCUT2D eigenvalue weighted by molar-refractivity contribution is -0.384. The van der Waals surface area contributed by atoms with Crippen LogP contribution in [0, 0.1) is 10.1 Å². The monoisotopic (exact) mass is 325 g/mol. The normalized spacial score (nSPS) is 10.8. The van der Waals surface area contributed by atoms with Gasteiger partial charge in [-0.15, -0.1) is 0 Å². The van der Waals surface area contributed by atoms with Crippen molar-refractivity contribution in [1.82, 2.24) is 20.3 Å². The Morgan fingerprint density at radius 3 is 2.86 bits per heavy atom. The molecule has 0 saturated carbocycles. The Hall–Kier alpha value is -2.45. The Morgan fingerprint density at radius 1 is 1.33 bits per heavy atom. The van der Waals surface area contributed by atoms with Crippen molar-refractivity contribution in [3.8, 4) is 23.0 Å². The molecule has 1 N–H and O–H groups in total. The van der Waals surface area contributed by atoms with Gasteiger partial charge in [-0.25, -0.2) is 0 Å². The number of hydrogen-bond donors (Lipinski definition) is 1. The van der Waals surface area contributed by atoms with Crippen molar-refractivity contribution < 1.29 is 9.45 Å². The van der Waals surface area contributed by atoms with Crippen LogP contribution >= 0.6 is 23.2 Å². The number of aromatic amines is 1. The highest BCUT2D eigenvalue weighted by Crippen LogP contribution is 2.31. The summed E-state index contributed by atoms with van der Waals surface area (Å²) in [6.07, 6.45) is 1.06. The molecule has 1 aromatic carbocycles. The Kier molecular flexibility index (Phi) is 3.32. The molecule has 0 radical (unpaired) electrons. The third-order valence-corrected chi connectivity index (χ3v) is 3.18. The first kappa shape index (κ1) is 13.5. The molecule has 0 unspecified atom stereocenters. The summed E-state index contributed by atoms with van der Waals surface area (Å²) in [4.78, 5) is 14.3. The maximum Gasteiger partial charge on any atom is 0.319 e. The predicted octanol–water partition coefficient (Wildman–Crippen LogP) is 3.34. The fourth-order valence-electron chi connectivity index (χ4n) is 1.68. The van der Waals surface area contributed by atoms with Crippen molar-refractivity contribution >= 4 is 28.9 Å². The van der Waals surface area contributed by atoms with Gasteiger partial charge in [0.2, 0.25) is 11.5 Å². The van der Waals surface area contributed by atoms with E-state index in [1.807, 2.05) is 0 Å². The van der Waals surface area contributed by atoms with Crippen LogP contribution in [-0.4, -0.2) is 25.3 Å². The quantitative estimate of drug-likeness (QED) is 0.584. The third-order valence-electron chi connectivity index (χ3n) is 2.63. The van der Waals surface area contributed by atoms with Gasteiger partial charge in [-0.3, -0.25) is 15.2 Å². The summed E-state index contributed by atoms with van der Waals surface area (Å²) in [7, 11) is 0. The maximum atomic E-state index is 10.8. The number of nitro groups is 1. The van der Waals surface area contributed by atoms with Crippen molar-refractivity contribution in [3.63, 3.8) is 0 Å². The zero-order valence-corrected chi connectivity index (χ0v) is 11.6. The van der Waals surface area contributed by atoms with Gasteiger partial charge in [0.1, 0.15) is 6.20 Å². The number of hydrogen-bond acceptors (Lipinski definition) is 6. The van der Waals surface area contributed by atoms with Crippen LogP contribution < -0.4 is 0 Å². The number of nitrogens with one attached hydrogen (secondary N) is 1. The number of H-pyrrole nitrogens is 1. The van der Waals surface area contributed by atoms with E-state index in [2.05, 4.69) is 20.3 Å². The van der Waals surface area contributed by atoms with Crippen LogP contribution in [0.2, 0.25) is 10.0 Å². The van der Waals surface area contributed by atoms with E-state index in [1.165, 1.54) is 6.07 Å². The van der Waals surface area contributed by atoms with Crippen LogP contribution in [0.1, 0.15) is 0 Å². The molecular weight excluding hydrogens is 321 g/mol. The molecule has 0 spiro atoms. The zero-order valence-electron chi connectivity index (χ0n) is 10.1. The van der Waals surface area contributed by atoms with Gasteiger partial charge in [-0.05, 0) is 18.2 Å². The Labute approximate surface area is 126 Å². The molecule has 0 aliphatic heterocycles. The first-order chi connectivity index (χ1) is 10.1. The molecule has 10 heteroatoms. The summed E-state index contributed by atoms with van der Waals surface area (Å²) < 4.78 is 5.01. The maximum absolute atomic E-state index is 10.8. The molecule has 0 saturated heterocycles. The minimum atomic E-state index is -0.599. The second-order valence-corrected chi connectivity index (χ2v) is 4.78. The Morgan fingerprint density at radius 2 is 2.14 bits per heavy atom. The zero-order chi connectivity index (χ0) is 15.0. The molecule has 2 heterocycles. The van der Waals surface area contributed by atoms with Crippen LogP contribution in [0.3, 0.4) is 0 Å². The van der Waals surface area contributed by atoms with Crippen LogP contribution in [0.5, 0.6) is 0 Å². The minimum Gasteiger partial charge on any atom is -0.332 e. The smallest absolute Gasteiger partial charge is 0.319 e. The Bertz CT molecular complexity index is 829. The molecule has 3 rings (SSSR count). The molecule has 106 valence electrons. The van der Waals surface area contributed by atoms with E-state index in [-0.39, 0.29) is 23.1 Å². The lowest BCUT2D eigenvalue weighted by atomic mass is 10.2. The largest absolute Gasteiger partial charge is 0.332 e. The van der Waals surface area contributed by atoms with Gasteiger partial charge in [-0.2, -0.15) is 10.1 Å². The van der Waals surface area contributed by atoms with Gasteiger partial charge in [0.25, 0.3) is 5.89 Å². The number of aromatic nitrogens is 4. The average molecular weight is 326 g/mol. The third kappa shape index (κ3) is 2.46. The highest BCUT2D eigenvalue weighted by molar-refractivity contribution is 6.36. The van der Waals surface area contributed by atoms with Gasteiger partial charge in [-0.1, -0.05) is 28.4 Å². The minimum absolute atomic E-state index is 0.0313. The molecule has 2 aromatic heterocycles. The first-order valence-corrected chi connectivity index (χ1v) is 6.29. The molecule has 3 aromatic rings. The van der Waals surface area contributed by atoms with Crippen molar-refractivity contribution in [2.45, 2.75) is 0 Å². The van der Waals surface area contributed by atoms with Gasteiger partial charge in [0.05, 0.1) is 9.95 Å². The molecule has 0 fully saturated rings. The van der Waals surface area contributed by atoms with Crippen molar-refractivity contribution in [3.05, 3.63) is 44.6 Å². The van der Waals surface area contributed by atoms with Crippen molar-refractivity contribution in [1.29, 1.82) is 0 Å². The van der Waals surface area contributed by atoms with E-state index in [4.69, 9.17) is 27.7 Å². The van der Waals surface area contributed by atoms with Crippen LogP contribution in [0.25, 0.3) is 23.0 Å².